The van der Waals surface area contributed by atoms with E-state index in [1.165, 1.54) is 0 Å². The molecular formula is CH5BOP. The number of hydrogen-bond acceptors (Lipinski definition) is 1. The van der Waals surface area contributed by atoms with Crippen molar-refractivity contribution in [1.82, 2.24) is 0 Å². The maximum absolute atomic E-state index is 4.33. The molecule has 0 aliphatic rings. The van der Waals surface area contributed by atoms with E-state index in [-0.39, 0.29) is 0 Å². The van der Waals surface area contributed by atoms with E-state index in [4.69, 9.17) is 0 Å². The summed E-state index contributed by atoms with van der Waals surface area (Å²) in [5, 5.41) is 0. The van der Waals surface area contributed by atoms with Crippen LogP contribution < -0.4 is 0 Å². The molecule has 0 fully saturated rings. The van der Waals surface area contributed by atoms with E-state index < -0.39 is 0 Å². The van der Waals surface area contributed by atoms with Crippen molar-refractivity contribution in [3.05, 3.63) is 0 Å². The van der Waals surface area contributed by atoms with Gasteiger partial charge in [-0.25, -0.2) is 0 Å². The molecule has 23 valence electrons. The van der Waals surface area contributed by atoms with Gasteiger partial charge in [0.25, 0.3) is 7.48 Å². The Morgan fingerprint density at radius 1 is 2.00 bits per heavy atom. The lowest BCUT2D eigenvalue weighted by atomic mass is 10.1. The third-order valence-electron chi connectivity index (χ3n) is 0.136. The van der Waals surface area contributed by atoms with E-state index in [0.717, 1.165) is 0 Å². The molecule has 0 aromatic rings. The summed E-state index contributed by atoms with van der Waals surface area (Å²) in [6, 6.07) is 0. The molecule has 0 bridgehead atoms. The molecule has 0 aromatic carbocycles. The minimum absolute atomic E-state index is 1.59. The summed E-state index contributed by atoms with van der Waals surface area (Å²) >= 11 is 0. The predicted octanol–water partition coefficient (Wildman–Crippen LogP) is 0.460. The zero-order chi connectivity index (χ0) is 3.41. The van der Waals surface area contributed by atoms with Gasteiger partial charge in [0.15, 0.2) is 0 Å². The number of hydrogen-bond donors (Lipinski definition) is 0. The minimum Gasteiger partial charge on any atom is -0.425 e. The van der Waals surface area contributed by atoms with E-state index in [2.05, 4.69) is 13.9 Å². The van der Waals surface area contributed by atoms with Gasteiger partial charge in [-0.2, -0.15) is 0 Å². The van der Waals surface area contributed by atoms with Crippen LogP contribution in [0.15, 0.2) is 0 Å². The van der Waals surface area contributed by atoms with Gasteiger partial charge in [-0.1, -0.05) is 6.82 Å². The molecule has 0 aliphatic heterocycles. The van der Waals surface area contributed by atoms with Crippen LogP contribution in [0.4, 0.5) is 0 Å². The molecule has 0 aliphatic carbocycles. The van der Waals surface area contributed by atoms with Gasteiger partial charge in [0.05, 0.1) is 0 Å². The van der Waals surface area contributed by atoms with Crippen molar-refractivity contribution in [1.29, 1.82) is 0 Å². The van der Waals surface area contributed by atoms with Crippen molar-refractivity contribution in [3.63, 3.8) is 0 Å². The highest BCUT2D eigenvalue weighted by Crippen LogP contribution is 1.75. The van der Waals surface area contributed by atoms with Crippen molar-refractivity contribution in [2.24, 2.45) is 0 Å². The lowest BCUT2D eigenvalue weighted by Gasteiger charge is -1.72. The first-order valence-corrected chi connectivity index (χ1v) is 1.52. The third-order valence-corrected chi connectivity index (χ3v) is 0.408. The van der Waals surface area contributed by atoms with Gasteiger partial charge in [-0.3, -0.25) is 0 Å². The monoisotopic (exact) mass is 75.0 g/mol. The van der Waals surface area contributed by atoms with Crippen LogP contribution >= 0.6 is 9.47 Å². The lowest BCUT2D eigenvalue weighted by Crippen LogP contribution is -1.70. The summed E-state index contributed by atoms with van der Waals surface area (Å²) in [5.41, 5.74) is 0. The maximum Gasteiger partial charge on any atom is 0.294 e. The zero-order valence-electron chi connectivity index (χ0n) is 2.56. The van der Waals surface area contributed by atoms with Crippen molar-refractivity contribution in [2.45, 2.75) is 6.82 Å². The molecule has 0 spiro atoms. The van der Waals surface area contributed by atoms with Crippen LogP contribution in [0.25, 0.3) is 0 Å². The summed E-state index contributed by atoms with van der Waals surface area (Å²) in [6.07, 6.45) is 0. The molecule has 0 N–H and O–H groups in total. The molecule has 1 nitrogen and oxygen atoms in total. The van der Waals surface area contributed by atoms with Crippen molar-refractivity contribution < 1.29 is 4.44 Å². The van der Waals surface area contributed by atoms with Gasteiger partial charge < -0.3 is 4.44 Å². The standard InChI is InChI=1S/CH5BOP/c1-2-3-4/h4H2,1H3. The zero-order valence-corrected chi connectivity index (χ0v) is 3.72. The van der Waals surface area contributed by atoms with Crippen molar-refractivity contribution in [2.75, 3.05) is 0 Å². The Bertz CT molecular complexity index is 10.0. The van der Waals surface area contributed by atoms with Crippen LogP contribution in [0.3, 0.4) is 0 Å². The fourth-order valence-corrected chi connectivity index (χ4v) is 0. The molecule has 0 aromatic heterocycles. The number of rotatable bonds is 1. The smallest absolute Gasteiger partial charge is 0.294 e. The Kier molecular flexibility index (Phi) is 3.85. The van der Waals surface area contributed by atoms with E-state index in [1.807, 2.05) is 6.82 Å². The van der Waals surface area contributed by atoms with E-state index in [0.29, 0.717) is 0 Å². The Morgan fingerprint density at radius 3 is 2.25 bits per heavy atom. The molecule has 0 heterocycles. The Morgan fingerprint density at radius 2 is 2.25 bits per heavy atom. The van der Waals surface area contributed by atoms with Crippen LogP contribution in [0, 0.1) is 0 Å². The average molecular weight is 74.8 g/mol. The molecule has 0 amide bonds. The summed E-state index contributed by atoms with van der Waals surface area (Å²) < 4.78 is 4.33. The second-order valence-corrected chi connectivity index (χ2v) is 0.644. The molecule has 0 saturated carbocycles. The van der Waals surface area contributed by atoms with E-state index in [9.17, 15) is 0 Å². The van der Waals surface area contributed by atoms with E-state index in [1.54, 1.807) is 7.48 Å². The highest BCUT2D eigenvalue weighted by molar-refractivity contribution is 7.11. The molecule has 0 rings (SSSR count). The highest BCUT2D eigenvalue weighted by Gasteiger charge is 1.60. The van der Waals surface area contributed by atoms with Crippen LogP contribution in [-0.4, -0.2) is 7.48 Å². The van der Waals surface area contributed by atoms with Crippen LogP contribution in [0.1, 0.15) is 0 Å². The SMILES string of the molecule is C[B]OP. The van der Waals surface area contributed by atoms with Gasteiger partial charge >= 0.3 is 0 Å². The summed E-state index contributed by atoms with van der Waals surface area (Å²) in [7, 11) is 3.69. The Balaban J connectivity index is 1.97. The Labute approximate surface area is 29.3 Å². The highest BCUT2D eigenvalue weighted by atomic mass is 31.0. The normalized spacial score (nSPS) is 6.50. The van der Waals surface area contributed by atoms with Gasteiger partial charge in [0.2, 0.25) is 0 Å². The maximum atomic E-state index is 4.33. The first-order chi connectivity index (χ1) is 1.91. The van der Waals surface area contributed by atoms with Crippen molar-refractivity contribution in [3.8, 4) is 0 Å². The molecule has 0 saturated heterocycles. The van der Waals surface area contributed by atoms with Gasteiger partial charge in [0.1, 0.15) is 0 Å². The summed E-state index contributed by atoms with van der Waals surface area (Å²) in [5.74, 6) is 0. The van der Waals surface area contributed by atoms with Gasteiger partial charge in [-0.05, 0) is 9.47 Å². The van der Waals surface area contributed by atoms with E-state index >= 15 is 0 Å². The second kappa shape index (κ2) is 3.45. The van der Waals surface area contributed by atoms with Crippen LogP contribution in [-0.2, 0) is 4.44 Å². The third kappa shape index (κ3) is 2.45. The molecule has 3 heteroatoms. The van der Waals surface area contributed by atoms with Crippen LogP contribution in [0.5, 0.6) is 0 Å². The molecule has 1 atom stereocenters. The fourth-order valence-electron chi connectivity index (χ4n) is 0. The van der Waals surface area contributed by atoms with Gasteiger partial charge in [-0.15, -0.1) is 0 Å². The topological polar surface area (TPSA) is 9.23 Å². The molecular weight excluding hydrogens is 69.8 g/mol. The second-order valence-electron chi connectivity index (χ2n) is 0.372. The summed E-state index contributed by atoms with van der Waals surface area (Å²) in [6.45, 7) is 1.81. The largest absolute Gasteiger partial charge is 0.425 e. The minimum atomic E-state index is 1.59. The lowest BCUT2D eigenvalue weighted by molar-refractivity contribution is 0.704. The first-order valence-electron chi connectivity index (χ1n) is 1.05. The molecule has 1 unspecified atom stereocenters. The van der Waals surface area contributed by atoms with Crippen LogP contribution in [0.2, 0.25) is 6.82 Å². The Hall–Kier alpha value is 0.455. The quantitative estimate of drug-likeness (QED) is 0.325. The predicted molar refractivity (Wildman–Crippen MR) is 22.4 cm³/mol. The average Bonchev–Trinajstić information content (AvgIpc) is 1.37. The molecule has 1 radical (unpaired) electrons. The fraction of sp³-hybridized carbons (Fsp3) is 1.00. The molecule has 4 heavy (non-hydrogen) atoms. The van der Waals surface area contributed by atoms with Gasteiger partial charge in [0, 0.05) is 0 Å². The first kappa shape index (κ1) is 4.45. The van der Waals surface area contributed by atoms with Crippen molar-refractivity contribution >= 4 is 16.9 Å². The summed E-state index contributed by atoms with van der Waals surface area (Å²) in [4.78, 5) is 0.